The van der Waals surface area contributed by atoms with E-state index in [1.807, 2.05) is 41.8 Å². The lowest BCUT2D eigenvalue weighted by Crippen LogP contribution is -2.33. The first-order valence-corrected chi connectivity index (χ1v) is 7.60. The number of rotatable bonds is 4. The van der Waals surface area contributed by atoms with Crippen molar-refractivity contribution < 1.29 is 4.79 Å². The van der Waals surface area contributed by atoms with E-state index in [-0.39, 0.29) is 11.9 Å². The Morgan fingerprint density at radius 1 is 1.41 bits per heavy atom. The van der Waals surface area contributed by atoms with E-state index in [2.05, 4.69) is 15.3 Å². The van der Waals surface area contributed by atoms with Crippen LogP contribution >= 0.6 is 0 Å². The predicted octanol–water partition coefficient (Wildman–Crippen LogP) is 1.99. The van der Waals surface area contributed by atoms with Crippen LogP contribution < -0.4 is 5.32 Å². The van der Waals surface area contributed by atoms with Crippen molar-refractivity contribution in [1.82, 2.24) is 19.4 Å². The van der Waals surface area contributed by atoms with Gasteiger partial charge in [0.25, 0.3) is 0 Å². The summed E-state index contributed by atoms with van der Waals surface area (Å²) in [4.78, 5) is 23.0. The number of carbonyl (C=O) groups is 1. The minimum Gasteiger partial charge on any atom is -0.373 e. The van der Waals surface area contributed by atoms with Crippen LogP contribution in [0, 0.1) is 6.92 Å². The van der Waals surface area contributed by atoms with Crippen LogP contribution in [-0.2, 0) is 11.3 Å². The van der Waals surface area contributed by atoms with Gasteiger partial charge in [-0.25, -0.2) is 9.97 Å². The van der Waals surface area contributed by atoms with Crippen LogP contribution in [0.1, 0.15) is 30.3 Å². The molecule has 1 aliphatic rings. The molecule has 3 rings (SSSR count). The first kappa shape index (κ1) is 14.6. The highest BCUT2D eigenvalue weighted by atomic mass is 16.2. The molecule has 6 heteroatoms. The van der Waals surface area contributed by atoms with Gasteiger partial charge in [-0.2, -0.15) is 0 Å². The Labute approximate surface area is 130 Å². The zero-order valence-electron chi connectivity index (χ0n) is 13.0. The van der Waals surface area contributed by atoms with Crippen LogP contribution in [0.5, 0.6) is 0 Å². The summed E-state index contributed by atoms with van der Waals surface area (Å²) in [5.74, 6) is 1.85. The molecule has 0 saturated carbocycles. The molecule has 22 heavy (non-hydrogen) atoms. The molecule has 2 aromatic rings. The quantitative estimate of drug-likeness (QED) is 0.938. The maximum atomic E-state index is 12.6. The fourth-order valence-electron chi connectivity index (χ4n) is 3.01. The third-order valence-electron chi connectivity index (χ3n) is 4.23. The van der Waals surface area contributed by atoms with Crippen LogP contribution in [-0.4, -0.2) is 38.9 Å². The standard InChI is InChI=1S/C16H21N5O/c1-12-18-7-9-20(12)11-16(22)21-8-3-4-14(21)13-5-6-19-15(10-13)17-2/h5-7,9-10,14H,3-4,8,11H2,1-2H3,(H,17,19)/t14-/m0/s1. The molecule has 0 aliphatic carbocycles. The zero-order valence-corrected chi connectivity index (χ0v) is 13.0. The van der Waals surface area contributed by atoms with Gasteiger partial charge in [-0.1, -0.05) is 0 Å². The number of carbonyl (C=O) groups excluding carboxylic acids is 1. The Hall–Kier alpha value is -2.37. The van der Waals surface area contributed by atoms with Gasteiger partial charge in [-0.15, -0.1) is 0 Å². The zero-order chi connectivity index (χ0) is 15.5. The second kappa shape index (κ2) is 6.17. The fourth-order valence-corrected chi connectivity index (χ4v) is 3.01. The maximum absolute atomic E-state index is 12.6. The van der Waals surface area contributed by atoms with E-state index < -0.39 is 0 Å². The molecule has 0 aromatic carbocycles. The maximum Gasteiger partial charge on any atom is 0.243 e. The van der Waals surface area contributed by atoms with Crippen molar-refractivity contribution in [3.05, 3.63) is 42.1 Å². The van der Waals surface area contributed by atoms with Crippen LogP contribution in [0.25, 0.3) is 0 Å². The summed E-state index contributed by atoms with van der Waals surface area (Å²) in [6.07, 6.45) is 7.41. The number of hydrogen-bond acceptors (Lipinski definition) is 4. The molecule has 1 aliphatic heterocycles. The van der Waals surface area contributed by atoms with E-state index in [1.54, 1.807) is 12.4 Å². The molecular weight excluding hydrogens is 278 g/mol. The third kappa shape index (κ3) is 2.81. The van der Waals surface area contributed by atoms with Crippen LogP contribution in [0.3, 0.4) is 0 Å². The van der Waals surface area contributed by atoms with Crippen LogP contribution in [0.2, 0.25) is 0 Å². The molecule has 0 bridgehead atoms. The molecule has 1 atom stereocenters. The molecule has 1 fully saturated rings. The number of nitrogens with zero attached hydrogens (tertiary/aromatic N) is 4. The molecule has 3 heterocycles. The number of amides is 1. The SMILES string of the molecule is CNc1cc([C@@H]2CCCN2C(=O)Cn2ccnc2C)ccn1. The van der Waals surface area contributed by atoms with Gasteiger partial charge in [0, 0.05) is 32.2 Å². The van der Waals surface area contributed by atoms with E-state index in [1.165, 1.54) is 0 Å². The molecule has 0 spiro atoms. The van der Waals surface area contributed by atoms with Gasteiger partial charge in [0.2, 0.25) is 5.91 Å². The average Bonchev–Trinajstić information content (AvgIpc) is 3.17. The van der Waals surface area contributed by atoms with Crippen molar-refractivity contribution in [1.29, 1.82) is 0 Å². The Morgan fingerprint density at radius 3 is 3.00 bits per heavy atom. The second-order valence-corrected chi connectivity index (χ2v) is 5.57. The Bertz CT molecular complexity index is 666. The number of likely N-dealkylation sites (tertiary alicyclic amines) is 1. The number of aryl methyl sites for hydroxylation is 1. The van der Waals surface area contributed by atoms with Gasteiger partial charge < -0.3 is 14.8 Å². The van der Waals surface area contributed by atoms with Gasteiger partial charge in [-0.05, 0) is 37.5 Å². The molecule has 0 unspecified atom stereocenters. The molecule has 116 valence electrons. The third-order valence-corrected chi connectivity index (χ3v) is 4.23. The molecule has 2 aromatic heterocycles. The van der Waals surface area contributed by atoms with E-state index >= 15 is 0 Å². The Morgan fingerprint density at radius 2 is 2.27 bits per heavy atom. The molecular formula is C16H21N5O. The van der Waals surface area contributed by atoms with Crippen LogP contribution in [0.15, 0.2) is 30.7 Å². The van der Waals surface area contributed by atoms with E-state index in [9.17, 15) is 4.79 Å². The topological polar surface area (TPSA) is 63.1 Å². The van der Waals surface area contributed by atoms with Gasteiger partial charge >= 0.3 is 0 Å². The molecule has 0 radical (unpaired) electrons. The molecule has 1 saturated heterocycles. The van der Waals surface area contributed by atoms with E-state index in [4.69, 9.17) is 0 Å². The van der Waals surface area contributed by atoms with E-state index in [0.29, 0.717) is 6.54 Å². The minimum atomic E-state index is 0.145. The van der Waals surface area contributed by atoms with Crippen molar-refractivity contribution in [2.75, 3.05) is 18.9 Å². The number of anilines is 1. The lowest BCUT2D eigenvalue weighted by molar-refractivity contribution is -0.132. The normalized spacial score (nSPS) is 17.7. The highest BCUT2D eigenvalue weighted by molar-refractivity contribution is 5.77. The summed E-state index contributed by atoms with van der Waals surface area (Å²) >= 11 is 0. The largest absolute Gasteiger partial charge is 0.373 e. The lowest BCUT2D eigenvalue weighted by Gasteiger charge is -2.25. The molecule has 1 amide bonds. The average molecular weight is 299 g/mol. The van der Waals surface area contributed by atoms with Crippen molar-refractivity contribution in [3.8, 4) is 0 Å². The lowest BCUT2D eigenvalue weighted by atomic mass is 10.1. The first-order valence-electron chi connectivity index (χ1n) is 7.60. The number of imidazole rings is 1. The summed E-state index contributed by atoms with van der Waals surface area (Å²) in [5.41, 5.74) is 1.15. The Kier molecular flexibility index (Phi) is 4.09. The summed E-state index contributed by atoms with van der Waals surface area (Å²) < 4.78 is 1.89. The predicted molar refractivity (Wildman–Crippen MR) is 84.4 cm³/mol. The Balaban J connectivity index is 1.77. The molecule has 1 N–H and O–H groups in total. The summed E-state index contributed by atoms with van der Waals surface area (Å²) in [6.45, 7) is 3.08. The van der Waals surface area contributed by atoms with Crippen molar-refractivity contribution in [2.24, 2.45) is 0 Å². The van der Waals surface area contributed by atoms with Gasteiger partial charge in [0.15, 0.2) is 0 Å². The number of nitrogens with one attached hydrogen (secondary N) is 1. The van der Waals surface area contributed by atoms with Crippen molar-refractivity contribution >= 4 is 11.7 Å². The smallest absolute Gasteiger partial charge is 0.243 e. The fraction of sp³-hybridized carbons (Fsp3) is 0.438. The van der Waals surface area contributed by atoms with Gasteiger partial charge in [-0.3, -0.25) is 4.79 Å². The van der Waals surface area contributed by atoms with Crippen molar-refractivity contribution in [2.45, 2.75) is 32.4 Å². The molecule has 6 nitrogen and oxygen atoms in total. The van der Waals surface area contributed by atoms with Gasteiger partial charge in [0.1, 0.15) is 18.2 Å². The first-order chi connectivity index (χ1) is 10.7. The van der Waals surface area contributed by atoms with E-state index in [0.717, 1.165) is 36.6 Å². The summed E-state index contributed by atoms with van der Waals surface area (Å²) in [6, 6.07) is 4.17. The van der Waals surface area contributed by atoms with Gasteiger partial charge in [0.05, 0.1) is 6.04 Å². The minimum absolute atomic E-state index is 0.145. The second-order valence-electron chi connectivity index (χ2n) is 5.57. The summed E-state index contributed by atoms with van der Waals surface area (Å²) in [5, 5.41) is 3.05. The van der Waals surface area contributed by atoms with Crippen molar-refractivity contribution in [3.63, 3.8) is 0 Å². The van der Waals surface area contributed by atoms with Crippen LogP contribution in [0.4, 0.5) is 5.82 Å². The highest BCUT2D eigenvalue weighted by Crippen LogP contribution is 2.32. The number of hydrogen-bond donors (Lipinski definition) is 1. The summed E-state index contributed by atoms with van der Waals surface area (Å²) in [7, 11) is 1.85. The highest BCUT2D eigenvalue weighted by Gasteiger charge is 2.30. The monoisotopic (exact) mass is 299 g/mol. The number of aromatic nitrogens is 3. The number of pyridine rings is 1.